The van der Waals surface area contributed by atoms with Gasteiger partial charge in [-0.2, -0.15) is 11.8 Å². The Morgan fingerprint density at radius 2 is 1.83 bits per heavy atom. The lowest BCUT2D eigenvalue weighted by Crippen LogP contribution is -2.60. The topological polar surface area (TPSA) is 138 Å². The van der Waals surface area contributed by atoms with Crippen LogP contribution in [-0.4, -0.2) is 70.9 Å². The number of thioether (sulfide) groups is 1. The van der Waals surface area contributed by atoms with Crippen molar-refractivity contribution in [1.29, 1.82) is 5.41 Å². The van der Waals surface area contributed by atoms with Crippen molar-refractivity contribution in [2.24, 2.45) is 17.6 Å². The Hall–Kier alpha value is -1.97. The largest absolute Gasteiger partial charge is 0.450 e. The molecule has 3 amide bonds. The van der Waals surface area contributed by atoms with Gasteiger partial charge in [0.2, 0.25) is 11.8 Å². The third kappa shape index (κ3) is 8.85. The molecule has 0 aromatic carbocycles. The van der Waals surface area contributed by atoms with Crippen molar-refractivity contribution in [2.75, 3.05) is 25.4 Å². The fourth-order valence-electron chi connectivity index (χ4n) is 4.96. The van der Waals surface area contributed by atoms with Crippen LogP contribution >= 0.6 is 11.8 Å². The average molecular weight is 526 g/mol. The predicted octanol–water partition coefficient (Wildman–Crippen LogP) is 3.65. The van der Waals surface area contributed by atoms with Gasteiger partial charge in [-0.3, -0.25) is 15.0 Å². The summed E-state index contributed by atoms with van der Waals surface area (Å²) in [5.41, 5.74) is 5.64. The summed E-state index contributed by atoms with van der Waals surface area (Å²) in [5.74, 6) is 1.32. The maximum absolute atomic E-state index is 13.8. The lowest BCUT2D eigenvalue weighted by molar-refractivity contribution is -0.140. The highest BCUT2D eigenvalue weighted by Gasteiger charge is 2.44. The number of carbonyl (C=O) groups is 3. The Bertz CT molecular complexity index is 755. The third-order valence-electron chi connectivity index (χ3n) is 7.30. The van der Waals surface area contributed by atoms with Crippen LogP contribution in [0, 0.1) is 17.2 Å². The van der Waals surface area contributed by atoms with E-state index in [9.17, 15) is 14.4 Å². The molecule has 2 aliphatic rings. The highest BCUT2D eigenvalue weighted by atomic mass is 32.2. The van der Waals surface area contributed by atoms with Gasteiger partial charge in [-0.05, 0) is 76.9 Å². The first-order valence-corrected chi connectivity index (χ1v) is 14.6. The molecule has 0 unspecified atom stereocenters. The number of unbranched alkanes of at least 4 members (excludes halogenated alkanes) is 1. The number of likely N-dealkylation sites (tertiary alicyclic amines) is 1. The van der Waals surface area contributed by atoms with Crippen LogP contribution in [0.4, 0.5) is 4.79 Å². The minimum atomic E-state index is -0.793. The van der Waals surface area contributed by atoms with E-state index in [4.69, 9.17) is 15.9 Å². The molecular formula is C26H47N5O4S. The summed E-state index contributed by atoms with van der Waals surface area (Å²) in [6.45, 7) is 9.35. The summed E-state index contributed by atoms with van der Waals surface area (Å²) < 4.78 is 4.67. The van der Waals surface area contributed by atoms with Crippen LogP contribution in [0.3, 0.4) is 0 Å². The third-order valence-corrected chi connectivity index (χ3v) is 8.78. The number of alkyl carbamates (subject to hydrolysis) is 1. The Kier molecular flexibility index (Phi) is 12.3. The van der Waals surface area contributed by atoms with Gasteiger partial charge in [-0.15, -0.1) is 0 Å². The molecule has 0 bridgehead atoms. The summed E-state index contributed by atoms with van der Waals surface area (Å²) in [6.07, 6.45) is 7.20. The molecule has 1 aliphatic carbocycles. The fourth-order valence-corrected chi connectivity index (χ4v) is 6.24. The molecule has 10 heteroatoms. The quantitative estimate of drug-likeness (QED) is 0.165. The van der Waals surface area contributed by atoms with E-state index in [1.54, 1.807) is 16.7 Å². The van der Waals surface area contributed by atoms with Crippen LogP contribution in [0.5, 0.6) is 0 Å². The number of amidine groups is 1. The van der Waals surface area contributed by atoms with E-state index in [0.29, 0.717) is 38.5 Å². The van der Waals surface area contributed by atoms with E-state index in [2.05, 4.69) is 17.6 Å². The molecule has 1 aliphatic heterocycles. The van der Waals surface area contributed by atoms with Gasteiger partial charge in [0, 0.05) is 23.8 Å². The van der Waals surface area contributed by atoms with Crippen LogP contribution in [0.15, 0.2) is 0 Å². The molecule has 2 fully saturated rings. The number of nitrogens with one attached hydrogen (secondary N) is 3. The van der Waals surface area contributed by atoms with Gasteiger partial charge in [0.25, 0.3) is 0 Å². The van der Waals surface area contributed by atoms with Crippen molar-refractivity contribution in [3.8, 4) is 0 Å². The summed E-state index contributed by atoms with van der Waals surface area (Å²) in [4.78, 5) is 41.0. The monoisotopic (exact) mass is 525 g/mol. The van der Waals surface area contributed by atoms with Crippen molar-refractivity contribution >= 4 is 35.5 Å². The lowest BCUT2D eigenvalue weighted by Gasteiger charge is -2.37. The molecule has 9 nitrogen and oxygen atoms in total. The van der Waals surface area contributed by atoms with Gasteiger partial charge in [-0.25, -0.2) is 4.79 Å². The number of nitrogens with two attached hydrogens (primary N) is 1. The summed E-state index contributed by atoms with van der Waals surface area (Å²) in [7, 11) is 0. The molecule has 2 atom stereocenters. The molecule has 36 heavy (non-hydrogen) atoms. The van der Waals surface area contributed by atoms with E-state index >= 15 is 0 Å². The predicted molar refractivity (Wildman–Crippen MR) is 145 cm³/mol. The molecule has 1 heterocycles. The fraction of sp³-hybridized carbons (Fsp3) is 0.846. The van der Waals surface area contributed by atoms with Crippen molar-refractivity contribution in [2.45, 2.75) is 102 Å². The van der Waals surface area contributed by atoms with Crippen molar-refractivity contribution in [3.05, 3.63) is 0 Å². The van der Waals surface area contributed by atoms with Gasteiger partial charge < -0.3 is 26.0 Å². The highest BCUT2D eigenvalue weighted by Crippen LogP contribution is 2.32. The van der Waals surface area contributed by atoms with Crippen LogP contribution in [0.25, 0.3) is 0 Å². The van der Waals surface area contributed by atoms with E-state index in [0.717, 1.165) is 50.7 Å². The van der Waals surface area contributed by atoms with Gasteiger partial charge in [0.1, 0.15) is 12.1 Å². The van der Waals surface area contributed by atoms with E-state index in [-0.39, 0.29) is 23.6 Å². The molecule has 1 saturated heterocycles. The van der Waals surface area contributed by atoms with Crippen LogP contribution in [0.2, 0.25) is 0 Å². The highest BCUT2D eigenvalue weighted by molar-refractivity contribution is 8.00. The van der Waals surface area contributed by atoms with Gasteiger partial charge in [0.05, 0.1) is 12.4 Å². The minimum absolute atomic E-state index is 0.127. The average Bonchev–Trinajstić information content (AvgIpc) is 3.34. The van der Waals surface area contributed by atoms with E-state index < -0.39 is 22.9 Å². The van der Waals surface area contributed by atoms with Crippen molar-refractivity contribution in [3.63, 3.8) is 0 Å². The standard InChI is InChI=1S/C26H47N5O4S/c1-5-7-16-36-26(3,4)21(30-25(34)35-15-6-2)24(33)31-14-8-9-20(31)23(32)29-17-18-10-12-19(13-11-18)22(27)28/h18-21H,5-17H2,1-4H3,(H3,27,28)(H,29,32)(H,30,34)/t18?,19?,20-,21-/m0/s1. The van der Waals surface area contributed by atoms with Crippen LogP contribution in [-0.2, 0) is 14.3 Å². The first kappa shape index (κ1) is 30.3. The molecular weight excluding hydrogens is 478 g/mol. The number of hydrogen-bond donors (Lipinski definition) is 4. The van der Waals surface area contributed by atoms with Crippen molar-refractivity contribution in [1.82, 2.24) is 15.5 Å². The maximum Gasteiger partial charge on any atom is 0.407 e. The summed E-state index contributed by atoms with van der Waals surface area (Å²) >= 11 is 1.66. The Balaban J connectivity index is 2.03. The molecule has 0 aromatic heterocycles. The second-order valence-corrected chi connectivity index (χ2v) is 12.4. The normalized spacial score (nSPS) is 23.1. The van der Waals surface area contributed by atoms with E-state index in [1.807, 2.05) is 20.8 Å². The minimum Gasteiger partial charge on any atom is -0.450 e. The number of rotatable bonds is 13. The number of ether oxygens (including phenoxy) is 1. The van der Waals surface area contributed by atoms with Crippen molar-refractivity contribution < 1.29 is 19.1 Å². The molecule has 5 N–H and O–H groups in total. The zero-order chi connectivity index (χ0) is 26.7. The molecule has 1 saturated carbocycles. The molecule has 0 radical (unpaired) electrons. The zero-order valence-corrected chi connectivity index (χ0v) is 23.4. The first-order valence-electron chi connectivity index (χ1n) is 13.6. The molecule has 0 spiro atoms. The van der Waals surface area contributed by atoms with Gasteiger partial charge in [-0.1, -0.05) is 20.3 Å². The second kappa shape index (κ2) is 14.7. The van der Waals surface area contributed by atoms with Crippen LogP contribution in [0.1, 0.15) is 85.5 Å². The van der Waals surface area contributed by atoms with Gasteiger partial charge in [0.15, 0.2) is 0 Å². The second-order valence-electron chi connectivity index (χ2n) is 10.6. The number of hydrogen-bond acceptors (Lipinski definition) is 6. The first-order chi connectivity index (χ1) is 17.1. The zero-order valence-electron chi connectivity index (χ0n) is 22.6. The Labute approximate surface area is 220 Å². The number of amides is 3. The SMILES string of the molecule is CCCCSC(C)(C)[C@@H](NC(=O)OCCC)C(=O)N1CCC[C@H]1C(=O)NCC1CCC(C(=N)N)CC1. The summed E-state index contributed by atoms with van der Waals surface area (Å²) in [5, 5.41) is 13.5. The lowest BCUT2D eigenvalue weighted by atomic mass is 9.81. The van der Waals surface area contributed by atoms with E-state index in [1.165, 1.54) is 0 Å². The summed E-state index contributed by atoms with van der Waals surface area (Å²) in [6, 6.07) is -1.32. The Morgan fingerprint density at radius 3 is 2.44 bits per heavy atom. The molecule has 2 rings (SSSR count). The van der Waals surface area contributed by atoms with Crippen LogP contribution < -0.4 is 16.4 Å². The Morgan fingerprint density at radius 1 is 1.14 bits per heavy atom. The smallest absolute Gasteiger partial charge is 0.407 e. The molecule has 206 valence electrons. The number of nitrogens with zero attached hydrogens (tertiary/aromatic N) is 1. The number of carbonyl (C=O) groups excluding carboxylic acids is 3. The maximum atomic E-state index is 13.8. The molecule has 0 aromatic rings. The van der Waals surface area contributed by atoms with Gasteiger partial charge >= 0.3 is 6.09 Å².